The largest absolute Gasteiger partial charge is 0.354 e. The summed E-state index contributed by atoms with van der Waals surface area (Å²) < 4.78 is 0. The molecule has 0 aliphatic carbocycles. The predicted molar refractivity (Wildman–Crippen MR) is 78.1 cm³/mol. The summed E-state index contributed by atoms with van der Waals surface area (Å²) in [4.78, 5) is 12.4. The Morgan fingerprint density at radius 3 is 2.68 bits per heavy atom. The molecule has 1 aromatic carbocycles. The van der Waals surface area contributed by atoms with Gasteiger partial charge < -0.3 is 10.6 Å². The molecular weight excluding hydrogens is 236 g/mol. The van der Waals surface area contributed by atoms with Crippen LogP contribution < -0.4 is 10.6 Å². The standard InChI is InChI=1S/C16H24N2O/c1-12(2)15(13-7-4-3-5-8-13)16(19)18-11-14-9-6-10-17-14/h3-5,7-8,12,14-15,17H,6,9-11H2,1-2H3,(H,18,19). The molecule has 3 nitrogen and oxygen atoms in total. The van der Waals surface area contributed by atoms with Crippen molar-refractivity contribution in [3.8, 4) is 0 Å². The van der Waals surface area contributed by atoms with Crippen molar-refractivity contribution in [2.24, 2.45) is 5.92 Å². The Morgan fingerprint density at radius 2 is 2.11 bits per heavy atom. The molecule has 2 unspecified atom stereocenters. The first-order chi connectivity index (χ1) is 9.18. The molecule has 0 spiro atoms. The zero-order chi connectivity index (χ0) is 13.7. The highest BCUT2D eigenvalue weighted by Crippen LogP contribution is 2.24. The number of carbonyl (C=O) groups excluding carboxylic acids is 1. The van der Waals surface area contributed by atoms with Crippen molar-refractivity contribution in [3.63, 3.8) is 0 Å². The van der Waals surface area contributed by atoms with Crippen molar-refractivity contribution in [2.45, 2.75) is 38.6 Å². The SMILES string of the molecule is CC(C)C(C(=O)NCC1CCCN1)c1ccccc1. The first-order valence-electron chi connectivity index (χ1n) is 7.24. The lowest BCUT2D eigenvalue weighted by molar-refractivity contribution is -0.123. The van der Waals surface area contributed by atoms with Gasteiger partial charge in [0.05, 0.1) is 5.92 Å². The van der Waals surface area contributed by atoms with Crippen LogP contribution in [-0.2, 0) is 4.79 Å². The molecule has 0 aromatic heterocycles. The highest BCUT2D eigenvalue weighted by Gasteiger charge is 2.24. The molecule has 2 N–H and O–H groups in total. The van der Waals surface area contributed by atoms with Gasteiger partial charge in [0, 0.05) is 12.6 Å². The molecule has 1 saturated heterocycles. The highest BCUT2D eigenvalue weighted by atomic mass is 16.1. The lowest BCUT2D eigenvalue weighted by atomic mass is 9.87. The molecule has 0 bridgehead atoms. The number of carbonyl (C=O) groups is 1. The molecule has 0 radical (unpaired) electrons. The molecule has 1 aliphatic heterocycles. The smallest absolute Gasteiger partial charge is 0.227 e. The third-order valence-electron chi connectivity index (χ3n) is 3.79. The lowest BCUT2D eigenvalue weighted by Crippen LogP contribution is -2.40. The Hall–Kier alpha value is -1.35. The Kier molecular flexibility index (Phi) is 4.97. The number of rotatable bonds is 5. The summed E-state index contributed by atoms with van der Waals surface area (Å²) in [6, 6.07) is 10.5. The summed E-state index contributed by atoms with van der Waals surface area (Å²) in [5.41, 5.74) is 1.11. The van der Waals surface area contributed by atoms with Gasteiger partial charge in [-0.05, 0) is 30.9 Å². The molecule has 3 heteroatoms. The number of hydrogen-bond donors (Lipinski definition) is 2. The van der Waals surface area contributed by atoms with E-state index in [-0.39, 0.29) is 11.8 Å². The van der Waals surface area contributed by atoms with Crippen LogP contribution in [0.15, 0.2) is 30.3 Å². The maximum atomic E-state index is 12.4. The average molecular weight is 260 g/mol. The summed E-state index contributed by atoms with van der Waals surface area (Å²) >= 11 is 0. The van der Waals surface area contributed by atoms with E-state index in [1.807, 2.05) is 30.3 Å². The minimum absolute atomic E-state index is 0.0531. The lowest BCUT2D eigenvalue weighted by Gasteiger charge is -2.22. The Bertz CT molecular complexity index is 396. The molecule has 2 atom stereocenters. The van der Waals surface area contributed by atoms with E-state index in [0.29, 0.717) is 12.0 Å². The second-order valence-electron chi connectivity index (χ2n) is 5.67. The summed E-state index contributed by atoms with van der Waals surface area (Å²) in [5, 5.41) is 6.51. The monoisotopic (exact) mass is 260 g/mol. The fourth-order valence-corrected chi connectivity index (χ4v) is 2.76. The second kappa shape index (κ2) is 6.71. The number of benzene rings is 1. The van der Waals surface area contributed by atoms with Crippen molar-refractivity contribution in [1.29, 1.82) is 0 Å². The Morgan fingerprint density at radius 1 is 1.37 bits per heavy atom. The van der Waals surface area contributed by atoms with Gasteiger partial charge in [-0.1, -0.05) is 44.2 Å². The van der Waals surface area contributed by atoms with Gasteiger partial charge in [0.15, 0.2) is 0 Å². The van der Waals surface area contributed by atoms with Crippen molar-refractivity contribution >= 4 is 5.91 Å². The van der Waals surface area contributed by atoms with Gasteiger partial charge in [0.25, 0.3) is 0 Å². The van der Waals surface area contributed by atoms with E-state index in [4.69, 9.17) is 0 Å². The highest BCUT2D eigenvalue weighted by molar-refractivity contribution is 5.83. The molecule has 1 fully saturated rings. The van der Waals surface area contributed by atoms with E-state index in [0.717, 1.165) is 25.1 Å². The van der Waals surface area contributed by atoms with Gasteiger partial charge >= 0.3 is 0 Å². The molecule has 2 rings (SSSR count). The van der Waals surface area contributed by atoms with Crippen LogP contribution in [-0.4, -0.2) is 25.0 Å². The molecule has 1 heterocycles. The van der Waals surface area contributed by atoms with Crippen LogP contribution in [0.25, 0.3) is 0 Å². The maximum absolute atomic E-state index is 12.4. The summed E-state index contributed by atoms with van der Waals surface area (Å²) in [7, 11) is 0. The number of amides is 1. The second-order valence-corrected chi connectivity index (χ2v) is 5.67. The molecule has 1 aromatic rings. The van der Waals surface area contributed by atoms with E-state index in [1.165, 1.54) is 6.42 Å². The van der Waals surface area contributed by atoms with Crippen molar-refractivity contribution in [3.05, 3.63) is 35.9 Å². The van der Waals surface area contributed by atoms with Crippen LogP contribution in [0.2, 0.25) is 0 Å². The number of hydrogen-bond acceptors (Lipinski definition) is 2. The van der Waals surface area contributed by atoms with E-state index in [1.54, 1.807) is 0 Å². The van der Waals surface area contributed by atoms with Gasteiger partial charge in [-0.2, -0.15) is 0 Å². The van der Waals surface area contributed by atoms with E-state index in [9.17, 15) is 4.79 Å². The third kappa shape index (κ3) is 3.80. The van der Waals surface area contributed by atoms with Crippen LogP contribution >= 0.6 is 0 Å². The van der Waals surface area contributed by atoms with Gasteiger partial charge in [0.2, 0.25) is 5.91 Å². The van der Waals surface area contributed by atoms with Crippen LogP contribution in [0.1, 0.15) is 38.2 Å². The molecule has 1 aliphatic rings. The van der Waals surface area contributed by atoms with Gasteiger partial charge in [-0.3, -0.25) is 4.79 Å². The quantitative estimate of drug-likeness (QED) is 0.853. The van der Waals surface area contributed by atoms with Crippen molar-refractivity contribution in [1.82, 2.24) is 10.6 Å². The molecular formula is C16H24N2O. The average Bonchev–Trinajstić information content (AvgIpc) is 2.90. The van der Waals surface area contributed by atoms with E-state index in [2.05, 4.69) is 24.5 Å². The molecule has 1 amide bonds. The van der Waals surface area contributed by atoms with Gasteiger partial charge in [-0.15, -0.1) is 0 Å². The van der Waals surface area contributed by atoms with Gasteiger partial charge in [-0.25, -0.2) is 0 Å². The molecule has 0 saturated carbocycles. The summed E-state index contributed by atoms with van der Waals surface area (Å²) in [6.07, 6.45) is 2.38. The number of nitrogens with one attached hydrogen (secondary N) is 2. The fraction of sp³-hybridized carbons (Fsp3) is 0.562. The van der Waals surface area contributed by atoms with Crippen molar-refractivity contribution in [2.75, 3.05) is 13.1 Å². The normalized spacial score (nSPS) is 20.5. The fourth-order valence-electron chi connectivity index (χ4n) is 2.76. The van der Waals surface area contributed by atoms with E-state index < -0.39 is 0 Å². The minimum atomic E-state index is -0.0531. The molecule has 104 valence electrons. The Labute approximate surface area is 115 Å². The topological polar surface area (TPSA) is 41.1 Å². The molecule has 19 heavy (non-hydrogen) atoms. The van der Waals surface area contributed by atoms with Crippen LogP contribution in [0.3, 0.4) is 0 Å². The Balaban J connectivity index is 1.96. The minimum Gasteiger partial charge on any atom is -0.354 e. The first kappa shape index (κ1) is 14.1. The van der Waals surface area contributed by atoms with Crippen molar-refractivity contribution < 1.29 is 4.79 Å². The zero-order valence-electron chi connectivity index (χ0n) is 11.9. The summed E-state index contributed by atoms with van der Waals surface area (Å²) in [6.45, 7) is 6.03. The van der Waals surface area contributed by atoms with Crippen LogP contribution in [0.5, 0.6) is 0 Å². The first-order valence-corrected chi connectivity index (χ1v) is 7.24. The predicted octanol–water partition coefficient (Wildman–Crippen LogP) is 2.29. The third-order valence-corrected chi connectivity index (χ3v) is 3.79. The summed E-state index contributed by atoms with van der Waals surface area (Å²) in [5.74, 6) is 0.399. The maximum Gasteiger partial charge on any atom is 0.227 e. The van der Waals surface area contributed by atoms with Crippen LogP contribution in [0, 0.1) is 5.92 Å². The van der Waals surface area contributed by atoms with Gasteiger partial charge in [0.1, 0.15) is 0 Å². The van der Waals surface area contributed by atoms with E-state index >= 15 is 0 Å². The van der Waals surface area contributed by atoms with Crippen LogP contribution in [0.4, 0.5) is 0 Å². The zero-order valence-corrected chi connectivity index (χ0v) is 11.9.